The van der Waals surface area contributed by atoms with E-state index in [-0.39, 0.29) is 0 Å². The van der Waals surface area contributed by atoms with Crippen LogP contribution < -0.4 is 9.80 Å². The predicted octanol–water partition coefficient (Wildman–Crippen LogP) is 10.5. The minimum absolute atomic E-state index is 0.862. The first-order valence-electron chi connectivity index (χ1n) is 15.0. The van der Waals surface area contributed by atoms with Gasteiger partial charge >= 0.3 is 0 Å². The van der Waals surface area contributed by atoms with Gasteiger partial charge in [-0.1, -0.05) is 66.7 Å². The fourth-order valence-electron chi connectivity index (χ4n) is 6.09. The normalized spacial score (nSPS) is 11.1. The first-order chi connectivity index (χ1) is 22.3. The first-order valence-corrected chi connectivity index (χ1v) is 15.0. The molecule has 0 spiro atoms. The number of fused-ring (bicyclic) bond motifs is 3. The quantitative estimate of drug-likeness (QED) is 0.188. The molecule has 5 aromatic carbocycles. The van der Waals surface area contributed by atoms with Gasteiger partial charge in [0.05, 0.1) is 11.0 Å². The van der Waals surface area contributed by atoms with Crippen LogP contribution in [0.4, 0.5) is 34.4 Å². The Hall–Kier alpha value is -6.20. The summed E-state index contributed by atoms with van der Waals surface area (Å²) in [6.45, 7) is 0. The molecule has 3 heterocycles. The number of pyridine rings is 2. The number of rotatable bonds is 7. The summed E-state index contributed by atoms with van der Waals surface area (Å²) in [5.74, 6) is 1.72. The lowest BCUT2D eigenvalue weighted by atomic mass is 10.1. The van der Waals surface area contributed by atoms with E-state index in [0.29, 0.717) is 0 Å². The summed E-state index contributed by atoms with van der Waals surface area (Å²) < 4.78 is 2.35. The van der Waals surface area contributed by atoms with Crippen LogP contribution >= 0.6 is 0 Å². The molecular weight excluding hydrogens is 550 g/mol. The third-order valence-corrected chi connectivity index (χ3v) is 8.05. The van der Waals surface area contributed by atoms with Crippen LogP contribution in [0.15, 0.2) is 176 Å². The van der Waals surface area contributed by atoms with E-state index in [4.69, 9.17) is 9.97 Å². The average molecular weight is 580 g/mol. The Morgan fingerprint density at radius 3 is 1.22 bits per heavy atom. The molecule has 0 aliphatic heterocycles. The molecule has 214 valence electrons. The molecule has 0 saturated carbocycles. The van der Waals surface area contributed by atoms with Gasteiger partial charge in [0.15, 0.2) is 0 Å². The van der Waals surface area contributed by atoms with Gasteiger partial charge in [-0.3, -0.25) is 9.80 Å². The van der Waals surface area contributed by atoms with Gasteiger partial charge < -0.3 is 4.57 Å². The van der Waals surface area contributed by atoms with Crippen LogP contribution in [-0.2, 0) is 0 Å². The van der Waals surface area contributed by atoms with Gasteiger partial charge in [-0.2, -0.15) is 0 Å². The monoisotopic (exact) mass is 579 g/mol. The lowest BCUT2D eigenvalue weighted by Crippen LogP contribution is -2.11. The number of anilines is 6. The Morgan fingerprint density at radius 2 is 0.800 bits per heavy atom. The summed E-state index contributed by atoms with van der Waals surface area (Å²) in [6, 6.07) is 56.8. The van der Waals surface area contributed by atoms with Crippen LogP contribution in [-0.4, -0.2) is 14.5 Å². The summed E-state index contributed by atoms with van der Waals surface area (Å²) >= 11 is 0. The van der Waals surface area contributed by atoms with Gasteiger partial charge in [-0.15, -0.1) is 0 Å². The van der Waals surface area contributed by atoms with E-state index in [2.05, 4.69) is 130 Å². The van der Waals surface area contributed by atoms with E-state index in [1.165, 1.54) is 0 Å². The largest absolute Gasteiger partial charge is 0.309 e. The van der Waals surface area contributed by atoms with E-state index in [9.17, 15) is 0 Å². The summed E-state index contributed by atoms with van der Waals surface area (Å²) in [4.78, 5) is 13.9. The number of hydrogen-bond donors (Lipinski definition) is 0. The minimum Gasteiger partial charge on any atom is -0.309 e. The molecule has 0 aliphatic rings. The molecule has 0 fully saturated rings. The molecule has 0 aliphatic carbocycles. The number of hydrogen-bond acceptors (Lipinski definition) is 4. The third-order valence-electron chi connectivity index (χ3n) is 8.05. The van der Waals surface area contributed by atoms with Gasteiger partial charge in [0.2, 0.25) is 0 Å². The maximum absolute atomic E-state index is 4.74. The molecule has 0 unspecified atom stereocenters. The van der Waals surface area contributed by atoms with Crippen LogP contribution in [0.1, 0.15) is 0 Å². The van der Waals surface area contributed by atoms with Gasteiger partial charge in [-0.05, 0) is 97.1 Å². The smallest absolute Gasteiger partial charge is 0.137 e. The lowest BCUT2D eigenvalue weighted by molar-refractivity contribution is 1.17. The van der Waals surface area contributed by atoms with Gasteiger partial charge in [0.1, 0.15) is 11.6 Å². The predicted molar refractivity (Wildman–Crippen MR) is 186 cm³/mol. The van der Waals surface area contributed by atoms with Gasteiger partial charge in [-0.25, -0.2) is 9.97 Å². The zero-order valence-corrected chi connectivity index (χ0v) is 24.5. The molecule has 0 N–H and O–H groups in total. The molecule has 8 aromatic rings. The topological polar surface area (TPSA) is 37.2 Å². The molecule has 3 aromatic heterocycles. The fourth-order valence-corrected chi connectivity index (χ4v) is 6.09. The summed E-state index contributed by atoms with van der Waals surface area (Å²) in [6.07, 6.45) is 3.68. The summed E-state index contributed by atoms with van der Waals surface area (Å²) in [7, 11) is 0. The Kier molecular flexibility index (Phi) is 6.74. The third kappa shape index (κ3) is 4.86. The highest BCUT2D eigenvalue weighted by molar-refractivity contribution is 6.12. The molecular formula is C40H29N5. The lowest BCUT2D eigenvalue weighted by Gasteiger charge is -2.24. The van der Waals surface area contributed by atoms with E-state index in [1.807, 2.05) is 60.9 Å². The van der Waals surface area contributed by atoms with Crippen molar-refractivity contribution in [3.05, 3.63) is 176 Å². The van der Waals surface area contributed by atoms with Crippen molar-refractivity contribution in [3.8, 4) is 5.69 Å². The standard InChI is InChI=1S/C40H29N5/c1-4-14-30(15-5-1)43(39-20-10-12-26-41-39)33-22-24-37-35(28-33)36-29-34(23-25-38(36)45(37)32-18-8-3-9-19-32)44(31-16-6-2-7-17-31)40-21-11-13-27-42-40/h1-29H. The Morgan fingerprint density at radius 1 is 0.378 bits per heavy atom. The number of benzene rings is 5. The van der Waals surface area contributed by atoms with E-state index in [1.54, 1.807) is 0 Å². The Bertz CT molecular complexity index is 1980. The Labute approximate surface area is 261 Å². The molecule has 0 saturated heterocycles. The van der Waals surface area contributed by atoms with Crippen LogP contribution in [0.3, 0.4) is 0 Å². The van der Waals surface area contributed by atoms with Crippen LogP contribution in [0.25, 0.3) is 27.5 Å². The second-order valence-corrected chi connectivity index (χ2v) is 10.8. The summed E-state index contributed by atoms with van der Waals surface area (Å²) in [5.41, 5.74) is 7.56. The molecule has 0 atom stereocenters. The molecule has 0 amide bonds. The summed E-state index contributed by atoms with van der Waals surface area (Å²) in [5, 5.41) is 2.30. The van der Waals surface area contributed by atoms with Crippen molar-refractivity contribution in [1.82, 2.24) is 14.5 Å². The SMILES string of the molecule is c1ccc(N(c2ccc3c(c2)c2cc(N(c4ccccc4)c4ccccn4)ccc2n3-c2ccccc2)c2ccccn2)cc1. The van der Waals surface area contributed by atoms with Crippen molar-refractivity contribution >= 4 is 56.2 Å². The van der Waals surface area contributed by atoms with E-state index >= 15 is 0 Å². The van der Waals surface area contributed by atoms with Crippen LogP contribution in [0.2, 0.25) is 0 Å². The zero-order valence-electron chi connectivity index (χ0n) is 24.5. The molecule has 8 rings (SSSR count). The number of nitrogens with zero attached hydrogens (tertiary/aromatic N) is 5. The molecule has 45 heavy (non-hydrogen) atoms. The van der Waals surface area contributed by atoms with Crippen molar-refractivity contribution in [2.24, 2.45) is 0 Å². The van der Waals surface area contributed by atoms with Crippen molar-refractivity contribution in [2.75, 3.05) is 9.80 Å². The molecule has 0 bridgehead atoms. The highest BCUT2D eigenvalue weighted by Crippen LogP contribution is 2.41. The second-order valence-electron chi connectivity index (χ2n) is 10.8. The average Bonchev–Trinajstić information content (AvgIpc) is 3.44. The highest BCUT2D eigenvalue weighted by atomic mass is 15.2. The fraction of sp³-hybridized carbons (Fsp3) is 0. The molecule has 5 heteroatoms. The maximum Gasteiger partial charge on any atom is 0.137 e. The van der Waals surface area contributed by atoms with Crippen LogP contribution in [0.5, 0.6) is 0 Å². The van der Waals surface area contributed by atoms with Crippen molar-refractivity contribution in [1.29, 1.82) is 0 Å². The molecule has 0 radical (unpaired) electrons. The highest BCUT2D eigenvalue weighted by Gasteiger charge is 2.20. The van der Waals surface area contributed by atoms with Crippen LogP contribution in [0, 0.1) is 0 Å². The molecule has 5 nitrogen and oxygen atoms in total. The van der Waals surface area contributed by atoms with Gasteiger partial charge in [0.25, 0.3) is 0 Å². The van der Waals surface area contributed by atoms with Crippen molar-refractivity contribution in [2.45, 2.75) is 0 Å². The van der Waals surface area contributed by atoms with Crippen molar-refractivity contribution < 1.29 is 0 Å². The minimum atomic E-state index is 0.862. The van der Waals surface area contributed by atoms with E-state index < -0.39 is 0 Å². The second kappa shape index (κ2) is 11.5. The zero-order chi connectivity index (χ0) is 30.0. The maximum atomic E-state index is 4.74. The van der Waals surface area contributed by atoms with Crippen molar-refractivity contribution in [3.63, 3.8) is 0 Å². The first kappa shape index (κ1) is 26.4. The van der Waals surface area contributed by atoms with E-state index in [0.717, 1.165) is 61.9 Å². The number of aromatic nitrogens is 3. The Balaban J connectivity index is 1.39. The van der Waals surface area contributed by atoms with Gasteiger partial charge in [0, 0.05) is 51.6 Å². The number of para-hydroxylation sites is 3.